The Morgan fingerprint density at radius 3 is 2.62 bits per heavy atom. The summed E-state index contributed by atoms with van der Waals surface area (Å²) in [7, 11) is 0. The van der Waals surface area contributed by atoms with Crippen LogP contribution in [0.1, 0.15) is 78.9 Å². The van der Waals surface area contributed by atoms with Gasteiger partial charge in [-0.2, -0.15) is 0 Å². The van der Waals surface area contributed by atoms with Gasteiger partial charge in [-0.25, -0.2) is 0 Å². The molecule has 2 heterocycles. The topological polar surface area (TPSA) is 41.6 Å². The number of carbonyl (C=O) groups excluding carboxylic acids is 1. The molecule has 2 aromatic carbocycles. The fraction of sp³-hybridized carbons (Fsp3) is 0.552. The molecule has 5 heteroatoms. The predicted molar refractivity (Wildman–Crippen MR) is 142 cm³/mol. The Kier molecular flexibility index (Phi) is 9.34. The zero-order valence-electron chi connectivity index (χ0n) is 20.9. The molecule has 0 unspecified atom stereocenters. The van der Waals surface area contributed by atoms with Gasteiger partial charge < -0.3 is 10.1 Å². The number of rotatable bonds is 12. The molecule has 0 spiro atoms. The number of ether oxygens (including phenoxy) is 1. The Hall–Kier alpha value is -1.98. The van der Waals surface area contributed by atoms with Gasteiger partial charge in [0.15, 0.2) is 0 Å². The average Bonchev–Trinajstić information content (AvgIpc) is 3.34. The normalized spacial score (nSPS) is 17.2. The van der Waals surface area contributed by atoms with Crippen molar-refractivity contribution < 1.29 is 9.53 Å². The van der Waals surface area contributed by atoms with Crippen LogP contribution in [0.15, 0.2) is 41.3 Å². The molecule has 4 rings (SSSR count). The second kappa shape index (κ2) is 12.6. The van der Waals surface area contributed by atoms with Gasteiger partial charge in [0.25, 0.3) is 5.91 Å². The molecule has 2 aliphatic rings. The van der Waals surface area contributed by atoms with Gasteiger partial charge in [-0.15, -0.1) is 11.8 Å². The fourth-order valence-electron chi connectivity index (χ4n) is 5.25. The van der Waals surface area contributed by atoms with Crippen LogP contribution in [0.25, 0.3) is 0 Å². The van der Waals surface area contributed by atoms with Crippen molar-refractivity contribution in [1.29, 1.82) is 0 Å². The van der Waals surface area contributed by atoms with E-state index in [-0.39, 0.29) is 5.91 Å². The third-order valence-electron chi connectivity index (χ3n) is 7.25. The molecule has 0 saturated carbocycles. The summed E-state index contributed by atoms with van der Waals surface area (Å²) in [5.41, 5.74) is 4.71. The second-order valence-corrected chi connectivity index (χ2v) is 10.6. The van der Waals surface area contributed by atoms with Gasteiger partial charge in [-0.1, -0.05) is 69.7 Å². The van der Waals surface area contributed by atoms with E-state index in [4.69, 9.17) is 4.74 Å². The summed E-state index contributed by atoms with van der Waals surface area (Å²) in [6, 6.07) is 13.3. The first-order chi connectivity index (χ1) is 16.7. The highest BCUT2D eigenvalue weighted by atomic mass is 32.2. The van der Waals surface area contributed by atoms with Crippen molar-refractivity contribution in [2.75, 3.05) is 26.0 Å². The summed E-state index contributed by atoms with van der Waals surface area (Å²) < 4.78 is 5.83. The number of thioether (sulfide) groups is 1. The van der Waals surface area contributed by atoms with Crippen LogP contribution in [0.4, 0.5) is 0 Å². The van der Waals surface area contributed by atoms with E-state index in [9.17, 15) is 4.79 Å². The molecule has 4 nitrogen and oxygen atoms in total. The SMILES string of the molecule is CCCCCCCCCN1Cc2ccccc2C[C@H]1CNC(=O)c1cc(SC)cc2c1OCC2. The molecule has 184 valence electrons. The minimum atomic E-state index is -0.0104. The van der Waals surface area contributed by atoms with Gasteiger partial charge in [0.2, 0.25) is 0 Å². The molecule has 0 radical (unpaired) electrons. The Balaban J connectivity index is 1.37. The minimum absolute atomic E-state index is 0.0104. The van der Waals surface area contributed by atoms with E-state index in [0.717, 1.165) is 42.1 Å². The third-order valence-corrected chi connectivity index (χ3v) is 7.96. The van der Waals surface area contributed by atoms with Crippen molar-refractivity contribution in [3.05, 3.63) is 58.7 Å². The molecule has 1 atom stereocenters. The van der Waals surface area contributed by atoms with E-state index in [1.54, 1.807) is 11.8 Å². The van der Waals surface area contributed by atoms with Crippen LogP contribution < -0.4 is 10.1 Å². The lowest BCUT2D eigenvalue weighted by molar-refractivity contribution is 0.0920. The maximum Gasteiger partial charge on any atom is 0.255 e. The van der Waals surface area contributed by atoms with Gasteiger partial charge in [0.1, 0.15) is 5.75 Å². The van der Waals surface area contributed by atoms with E-state index < -0.39 is 0 Å². The van der Waals surface area contributed by atoms with Gasteiger partial charge in [0.05, 0.1) is 12.2 Å². The zero-order valence-corrected chi connectivity index (χ0v) is 21.7. The highest BCUT2D eigenvalue weighted by Gasteiger charge is 2.27. The lowest BCUT2D eigenvalue weighted by Crippen LogP contribution is -2.47. The summed E-state index contributed by atoms with van der Waals surface area (Å²) in [6.07, 6.45) is 13.2. The van der Waals surface area contributed by atoms with Crippen molar-refractivity contribution in [3.8, 4) is 5.75 Å². The molecule has 2 aromatic rings. The molecule has 1 amide bonds. The second-order valence-electron chi connectivity index (χ2n) is 9.69. The van der Waals surface area contributed by atoms with Gasteiger partial charge in [-0.3, -0.25) is 9.69 Å². The fourth-order valence-corrected chi connectivity index (χ4v) is 5.74. The summed E-state index contributed by atoms with van der Waals surface area (Å²) in [5.74, 6) is 0.771. The predicted octanol–water partition coefficient (Wildman–Crippen LogP) is 6.25. The van der Waals surface area contributed by atoms with E-state index in [1.807, 2.05) is 6.07 Å². The quantitative estimate of drug-likeness (QED) is 0.288. The van der Waals surface area contributed by atoms with E-state index >= 15 is 0 Å². The van der Waals surface area contributed by atoms with Crippen molar-refractivity contribution in [1.82, 2.24) is 10.2 Å². The summed E-state index contributed by atoms with van der Waals surface area (Å²) >= 11 is 1.68. The molecule has 0 aliphatic carbocycles. The largest absolute Gasteiger partial charge is 0.492 e. The Morgan fingerprint density at radius 2 is 1.82 bits per heavy atom. The lowest BCUT2D eigenvalue weighted by Gasteiger charge is -2.37. The molecule has 0 bridgehead atoms. The monoisotopic (exact) mass is 480 g/mol. The number of nitrogens with one attached hydrogen (secondary N) is 1. The number of benzene rings is 2. The standard InChI is InChI=1S/C29H40N2O2S/c1-3-4-5-6-7-8-11-15-31-21-24-13-10-9-12-22(24)17-25(31)20-30-29(32)27-19-26(34-2)18-23-14-16-33-28(23)27/h9-10,12-13,18-19,25H,3-8,11,14-17,20-21H2,1-2H3,(H,30,32)/t25-/m0/s1. The number of hydrogen-bond acceptors (Lipinski definition) is 4. The number of unbranched alkanes of at least 4 members (excludes halogenated alkanes) is 6. The average molecular weight is 481 g/mol. The summed E-state index contributed by atoms with van der Waals surface area (Å²) in [4.78, 5) is 17.0. The number of amides is 1. The highest BCUT2D eigenvalue weighted by molar-refractivity contribution is 7.98. The smallest absolute Gasteiger partial charge is 0.255 e. The molecule has 34 heavy (non-hydrogen) atoms. The van der Waals surface area contributed by atoms with Crippen LogP contribution >= 0.6 is 11.8 Å². The number of carbonyl (C=O) groups is 1. The summed E-state index contributed by atoms with van der Waals surface area (Å²) in [6.45, 7) is 5.68. The van der Waals surface area contributed by atoms with Crippen LogP contribution in [0.3, 0.4) is 0 Å². The maximum absolute atomic E-state index is 13.2. The Labute approximate surface area is 209 Å². The van der Waals surface area contributed by atoms with E-state index in [0.29, 0.717) is 24.8 Å². The molecular weight excluding hydrogens is 440 g/mol. The zero-order chi connectivity index (χ0) is 23.8. The third kappa shape index (κ3) is 6.37. The van der Waals surface area contributed by atoms with Gasteiger partial charge in [0, 0.05) is 30.4 Å². The van der Waals surface area contributed by atoms with Crippen LogP contribution in [0.5, 0.6) is 5.75 Å². The number of hydrogen-bond donors (Lipinski definition) is 1. The van der Waals surface area contributed by atoms with Crippen molar-refractivity contribution in [3.63, 3.8) is 0 Å². The molecule has 0 saturated heterocycles. The molecule has 0 aromatic heterocycles. The van der Waals surface area contributed by atoms with Crippen molar-refractivity contribution in [2.24, 2.45) is 0 Å². The van der Waals surface area contributed by atoms with E-state index in [2.05, 4.69) is 53.7 Å². The minimum Gasteiger partial charge on any atom is -0.492 e. The first kappa shape index (κ1) is 25.1. The van der Waals surface area contributed by atoms with Crippen molar-refractivity contribution >= 4 is 17.7 Å². The van der Waals surface area contributed by atoms with Crippen LogP contribution in [-0.4, -0.2) is 42.8 Å². The summed E-state index contributed by atoms with van der Waals surface area (Å²) in [5, 5.41) is 3.27. The maximum atomic E-state index is 13.2. The number of nitrogens with zero attached hydrogens (tertiary/aromatic N) is 1. The molecule has 0 fully saturated rings. The van der Waals surface area contributed by atoms with Gasteiger partial charge in [-0.05, 0) is 54.5 Å². The molecule has 1 N–H and O–H groups in total. The van der Waals surface area contributed by atoms with Crippen LogP contribution in [-0.2, 0) is 19.4 Å². The van der Waals surface area contributed by atoms with Crippen LogP contribution in [0.2, 0.25) is 0 Å². The Bertz CT molecular complexity index is 961. The molecule has 2 aliphatic heterocycles. The van der Waals surface area contributed by atoms with E-state index in [1.165, 1.54) is 56.1 Å². The van der Waals surface area contributed by atoms with Gasteiger partial charge >= 0.3 is 0 Å². The van der Waals surface area contributed by atoms with Crippen molar-refractivity contribution in [2.45, 2.75) is 82.2 Å². The first-order valence-electron chi connectivity index (χ1n) is 13.1. The lowest BCUT2D eigenvalue weighted by atomic mass is 9.93. The number of fused-ring (bicyclic) bond motifs is 2. The molecular formula is C29H40N2O2S. The highest BCUT2D eigenvalue weighted by Crippen LogP contribution is 2.34. The first-order valence-corrected chi connectivity index (χ1v) is 14.3. The van der Waals surface area contributed by atoms with Crippen LogP contribution in [0, 0.1) is 0 Å². The Morgan fingerprint density at radius 1 is 1.06 bits per heavy atom.